The van der Waals surface area contributed by atoms with E-state index >= 15 is 0 Å². The van der Waals surface area contributed by atoms with Crippen molar-refractivity contribution in [2.24, 2.45) is 5.92 Å². The number of amides is 1. The first-order valence-corrected chi connectivity index (χ1v) is 10.2. The molecule has 2 rings (SSSR count). The summed E-state index contributed by atoms with van der Waals surface area (Å²) < 4.78 is 5.02. The monoisotopic (exact) mass is 381 g/mol. The Morgan fingerprint density at radius 2 is 2.00 bits per heavy atom. The molecule has 154 valence electrons. The normalized spacial score (nSPS) is 23.9. The zero-order valence-electron chi connectivity index (χ0n) is 17.1. The van der Waals surface area contributed by atoms with E-state index in [1.807, 2.05) is 16.8 Å². The SMILES string of the molecule is CCOC(=O)CN(C)CCC1(CCC=O)CN(C(=O)C2CCC2)CCN1C. The van der Waals surface area contributed by atoms with Gasteiger partial charge in [0.15, 0.2) is 0 Å². The van der Waals surface area contributed by atoms with Crippen LogP contribution in [0.15, 0.2) is 0 Å². The summed E-state index contributed by atoms with van der Waals surface area (Å²) in [5.74, 6) is 0.258. The van der Waals surface area contributed by atoms with Crippen LogP contribution in [-0.2, 0) is 19.1 Å². The highest BCUT2D eigenvalue weighted by Gasteiger charge is 2.42. The smallest absolute Gasteiger partial charge is 0.320 e. The molecule has 7 heteroatoms. The molecule has 1 aliphatic carbocycles. The number of esters is 1. The second-order valence-corrected chi connectivity index (χ2v) is 8.03. The summed E-state index contributed by atoms with van der Waals surface area (Å²) >= 11 is 0. The quantitative estimate of drug-likeness (QED) is 0.418. The van der Waals surface area contributed by atoms with Crippen molar-refractivity contribution >= 4 is 18.2 Å². The maximum absolute atomic E-state index is 12.8. The number of carbonyl (C=O) groups excluding carboxylic acids is 3. The lowest BCUT2D eigenvalue weighted by Crippen LogP contribution is -2.63. The van der Waals surface area contributed by atoms with Gasteiger partial charge >= 0.3 is 5.97 Å². The van der Waals surface area contributed by atoms with E-state index in [0.29, 0.717) is 26.1 Å². The second kappa shape index (κ2) is 10.2. The molecular weight excluding hydrogens is 346 g/mol. The molecule has 27 heavy (non-hydrogen) atoms. The third kappa shape index (κ3) is 5.75. The molecule has 1 atom stereocenters. The lowest BCUT2D eigenvalue weighted by Gasteiger charge is -2.51. The van der Waals surface area contributed by atoms with Crippen LogP contribution < -0.4 is 0 Å². The van der Waals surface area contributed by atoms with E-state index in [9.17, 15) is 14.4 Å². The molecule has 1 amide bonds. The number of ether oxygens (including phenoxy) is 1. The molecular formula is C20H35N3O4. The highest BCUT2D eigenvalue weighted by Crippen LogP contribution is 2.33. The van der Waals surface area contributed by atoms with Crippen LogP contribution in [-0.4, -0.2) is 91.8 Å². The molecule has 0 radical (unpaired) electrons. The van der Waals surface area contributed by atoms with Crippen molar-refractivity contribution in [1.29, 1.82) is 0 Å². The summed E-state index contributed by atoms with van der Waals surface area (Å²) in [6.07, 6.45) is 6.15. The van der Waals surface area contributed by atoms with Gasteiger partial charge in [-0.1, -0.05) is 6.42 Å². The van der Waals surface area contributed by atoms with E-state index in [4.69, 9.17) is 4.74 Å². The Morgan fingerprint density at radius 3 is 2.59 bits per heavy atom. The van der Waals surface area contributed by atoms with Gasteiger partial charge in [0, 0.05) is 44.1 Å². The van der Waals surface area contributed by atoms with Gasteiger partial charge in [-0.15, -0.1) is 0 Å². The summed E-state index contributed by atoms with van der Waals surface area (Å²) in [6, 6.07) is 0. The average molecular weight is 382 g/mol. The van der Waals surface area contributed by atoms with Crippen LogP contribution in [0.3, 0.4) is 0 Å². The van der Waals surface area contributed by atoms with Crippen molar-refractivity contribution in [1.82, 2.24) is 14.7 Å². The molecule has 1 saturated heterocycles. The minimum absolute atomic E-state index is 0.198. The Morgan fingerprint density at radius 1 is 1.26 bits per heavy atom. The van der Waals surface area contributed by atoms with Crippen LogP contribution in [0.2, 0.25) is 0 Å². The molecule has 2 aliphatic rings. The van der Waals surface area contributed by atoms with E-state index in [2.05, 4.69) is 11.9 Å². The van der Waals surface area contributed by atoms with Gasteiger partial charge in [-0.3, -0.25) is 19.4 Å². The van der Waals surface area contributed by atoms with Crippen molar-refractivity contribution in [3.05, 3.63) is 0 Å². The van der Waals surface area contributed by atoms with Crippen LogP contribution in [0.4, 0.5) is 0 Å². The predicted molar refractivity (Wildman–Crippen MR) is 103 cm³/mol. The van der Waals surface area contributed by atoms with Gasteiger partial charge in [0.1, 0.15) is 6.29 Å². The van der Waals surface area contributed by atoms with Gasteiger partial charge in [-0.25, -0.2) is 0 Å². The number of hydrogen-bond acceptors (Lipinski definition) is 6. The van der Waals surface area contributed by atoms with Gasteiger partial charge in [0.2, 0.25) is 5.91 Å². The standard InChI is InChI=1S/C20H35N3O4/c1-4-27-18(25)15-21(2)11-10-20(9-6-14-24)16-23(13-12-22(20)3)19(26)17-7-5-8-17/h14,17H,4-13,15-16H2,1-3H3. The van der Waals surface area contributed by atoms with Gasteiger partial charge in [0.25, 0.3) is 0 Å². The van der Waals surface area contributed by atoms with Crippen LogP contribution in [0, 0.1) is 5.92 Å². The fourth-order valence-corrected chi connectivity index (χ4v) is 4.06. The van der Waals surface area contributed by atoms with Crippen molar-refractivity contribution in [2.75, 3.05) is 53.4 Å². The maximum atomic E-state index is 12.8. The van der Waals surface area contributed by atoms with Crippen LogP contribution >= 0.6 is 0 Å². The molecule has 1 aliphatic heterocycles. The number of nitrogens with zero attached hydrogens (tertiary/aromatic N) is 3. The number of piperazine rings is 1. The Bertz CT molecular complexity index is 523. The van der Waals surface area contributed by atoms with Crippen molar-refractivity contribution in [3.63, 3.8) is 0 Å². The summed E-state index contributed by atoms with van der Waals surface area (Å²) in [7, 11) is 3.99. The first-order chi connectivity index (χ1) is 12.9. The molecule has 0 aromatic rings. The lowest BCUT2D eigenvalue weighted by atomic mass is 9.81. The van der Waals surface area contributed by atoms with Crippen LogP contribution in [0.1, 0.15) is 45.4 Å². The zero-order valence-corrected chi connectivity index (χ0v) is 17.1. The summed E-state index contributed by atoms with van der Waals surface area (Å²) in [4.78, 5) is 41.8. The molecule has 2 fully saturated rings. The number of aldehydes is 1. The Labute approximate surface area is 163 Å². The van der Waals surface area contributed by atoms with E-state index in [1.54, 1.807) is 6.92 Å². The van der Waals surface area contributed by atoms with Gasteiger partial charge in [-0.05, 0) is 46.7 Å². The largest absolute Gasteiger partial charge is 0.465 e. The highest BCUT2D eigenvalue weighted by molar-refractivity contribution is 5.79. The molecule has 1 unspecified atom stereocenters. The predicted octanol–water partition coefficient (Wildman–Crippen LogP) is 1.16. The average Bonchev–Trinajstić information content (AvgIpc) is 2.58. The molecule has 0 bridgehead atoms. The molecule has 0 aromatic heterocycles. The fraction of sp³-hybridized carbons (Fsp3) is 0.850. The number of rotatable bonds is 10. The third-order valence-electron chi connectivity index (χ3n) is 6.16. The van der Waals surface area contributed by atoms with Crippen LogP contribution in [0.5, 0.6) is 0 Å². The van der Waals surface area contributed by atoms with E-state index in [-0.39, 0.29) is 29.9 Å². The van der Waals surface area contributed by atoms with Crippen molar-refractivity contribution in [2.45, 2.75) is 51.0 Å². The Hall–Kier alpha value is -1.47. The molecule has 0 N–H and O–H groups in total. The summed E-state index contributed by atoms with van der Waals surface area (Å²) in [5, 5.41) is 0. The minimum atomic E-state index is -0.222. The van der Waals surface area contributed by atoms with Gasteiger partial charge in [0.05, 0.1) is 13.2 Å². The van der Waals surface area contributed by atoms with Gasteiger partial charge < -0.3 is 14.4 Å². The summed E-state index contributed by atoms with van der Waals surface area (Å²) in [6.45, 7) is 5.40. The topological polar surface area (TPSA) is 70.2 Å². The molecule has 0 spiro atoms. The zero-order chi connectivity index (χ0) is 19.9. The number of hydrogen-bond donors (Lipinski definition) is 0. The fourth-order valence-electron chi connectivity index (χ4n) is 4.06. The summed E-state index contributed by atoms with van der Waals surface area (Å²) in [5.41, 5.74) is -0.221. The lowest BCUT2D eigenvalue weighted by molar-refractivity contribution is -0.144. The Kier molecular flexibility index (Phi) is 8.23. The van der Waals surface area contributed by atoms with Crippen molar-refractivity contribution < 1.29 is 19.1 Å². The van der Waals surface area contributed by atoms with E-state index in [0.717, 1.165) is 51.5 Å². The maximum Gasteiger partial charge on any atom is 0.320 e. The molecule has 1 saturated carbocycles. The van der Waals surface area contributed by atoms with E-state index in [1.165, 1.54) is 0 Å². The highest BCUT2D eigenvalue weighted by atomic mass is 16.5. The second-order valence-electron chi connectivity index (χ2n) is 8.03. The van der Waals surface area contributed by atoms with Crippen molar-refractivity contribution in [3.8, 4) is 0 Å². The first-order valence-electron chi connectivity index (χ1n) is 10.2. The first kappa shape index (κ1) is 21.8. The Balaban J connectivity index is 2.01. The molecule has 7 nitrogen and oxygen atoms in total. The third-order valence-corrected chi connectivity index (χ3v) is 6.16. The van der Waals surface area contributed by atoms with E-state index < -0.39 is 0 Å². The minimum Gasteiger partial charge on any atom is -0.465 e. The molecule has 1 heterocycles. The number of likely N-dealkylation sites (N-methyl/N-ethyl adjacent to an activating group) is 2. The molecule has 0 aromatic carbocycles. The number of carbonyl (C=O) groups is 3. The van der Waals surface area contributed by atoms with Crippen LogP contribution in [0.25, 0.3) is 0 Å². The van der Waals surface area contributed by atoms with Gasteiger partial charge in [-0.2, -0.15) is 0 Å².